The highest BCUT2D eigenvalue weighted by Gasteiger charge is 2.36. The van der Waals surface area contributed by atoms with E-state index < -0.39 is 6.04 Å². The lowest BCUT2D eigenvalue weighted by atomic mass is 9.95. The fourth-order valence-corrected chi connectivity index (χ4v) is 4.46. The van der Waals surface area contributed by atoms with Crippen LogP contribution in [0.2, 0.25) is 0 Å². The van der Waals surface area contributed by atoms with Crippen molar-refractivity contribution in [3.63, 3.8) is 0 Å². The summed E-state index contributed by atoms with van der Waals surface area (Å²) in [7, 11) is 4.46. The van der Waals surface area contributed by atoms with E-state index in [0.717, 1.165) is 15.6 Å². The third kappa shape index (κ3) is 4.26. The average molecular weight is 511 g/mol. The Morgan fingerprint density at radius 3 is 2.36 bits per heavy atom. The Morgan fingerprint density at radius 2 is 1.70 bits per heavy atom. The molecule has 0 radical (unpaired) electrons. The van der Waals surface area contributed by atoms with Crippen LogP contribution >= 0.6 is 15.9 Å². The molecule has 0 unspecified atom stereocenters. The van der Waals surface area contributed by atoms with Crippen LogP contribution in [0, 0.1) is 0 Å². The Bertz CT molecular complexity index is 1200. The molecule has 0 spiro atoms. The lowest BCUT2D eigenvalue weighted by Crippen LogP contribution is -2.39. The number of ether oxygens (including phenoxy) is 3. The maximum Gasteiger partial charge on any atom is 0.259 e. The Labute approximate surface area is 200 Å². The Balaban J connectivity index is 1.91. The highest BCUT2D eigenvalue weighted by atomic mass is 79.9. The van der Waals surface area contributed by atoms with Gasteiger partial charge < -0.3 is 24.4 Å². The van der Waals surface area contributed by atoms with Crippen molar-refractivity contribution < 1.29 is 23.8 Å². The molecule has 0 saturated carbocycles. The van der Waals surface area contributed by atoms with Gasteiger partial charge in [-0.15, -0.1) is 0 Å². The number of hydrogen-bond donors (Lipinski definition) is 1. The molecule has 7 nitrogen and oxygen atoms in total. The van der Waals surface area contributed by atoms with E-state index in [0.29, 0.717) is 17.2 Å². The van der Waals surface area contributed by atoms with E-state index in [1.807, 2.05) is 48.5 Å². The van der Waals surface area contributed by atoms with Crippen molar-refractivity contribution in [3.05, 3.63) is 81.8 Å². The molecule has 3 aromatic carbocycles. The van der Waals surface area contributed by atoms with Gasteiger partial charge in [-0.2, -0.15) is 0 Å². The van der Waals surface area contributed by atoms with Crippen LogP contribution in [0.4, 0.5) is 5.69 Å². The fraction of sp³-hybridized carbons (Fsp3) is 0.200. The summed E-state index contributed by atoms with van der Waals surface area (Å²) in [4.78, 5) is 28.4. The first-order valence-electron chi connectivity index (χ1n) is 10.2. The maximum absolute atomic E-state index is 14.0. The van der Waals surface area contributed by atoms with Gasteiger partial charge >= 0.3 is 0 Å². The smallest absolute Gasteiger partial charge is 0.259 e. The number of halogens is 1. The Kier molecular flexibility index (Phi) is 6.55. The summed E-state index contributed by atoms with van der Waals surface area (Å²) in [5.74, 6) is 0.333. The van der Waals surface area contributed by atoms with Gasteiger partial charge in [0.2, 0.25) is 11.7 Å². The molecule has 33 heavy (non-hydrogen) atoms. The van der Waals surface area contributed by atoms with Gasteiger partial charge in [-0.05, 0) is 35.9 Å². The molecule has 2 amide bonds. The van der Waals surface area contributed by atoms with Crippen LogP contribution in [-0.4, -0.2) is 44.6 Å². The minimum absolute atomic E-state index is 0.137. The van der Waals surface area contributed by atoms with Crippen molar-refractivity contribution in [1.82, 2.24) is 4.90 Å². The predicted molar refractivity (Wildman–Crippen MR) is 128 cm³/mol. The molecule has 170 valence electrons. The zero-order valence-electron chi connectivity index (χ0n) is 18.4. The van der Waals surface area contributed by atoms with Crippen LogP contribution in [0.5, 0.6) is 17.2 Å². The van der Waals surface area contributed by atoms with Crippen LogP contribution in [0.25, 0.3) is 0 Å². The number of benzene rings is 3. The average Bonchev–Trinajstić information content (AvgIpc) is 2.98. The van der Waals surface area contributed by atoms with E-state index in [4.69, 9.17) is 14.2 Å². The number of nitrogens with one attached hydrogen (secondary N) is 1. The van der Waals surface area contributed by atoms with Crippen LogP contribution < -0.4 is 19.5 Å². The summed E-state index contributed by atoms with van der Waals surface area (Å²) in [6.45, 7) is -0.137. The molecule has 1 aliphatic rings. The minimum atomic E-state index is -0.511. The fourth-order valence-electron chi connectivity index (χ4n) is 4.09. The first kappa shape index (κ1) is 22.7. The monoisotopic (exact) mass is 510 g/mol. The molecule has 0 fully saturated rings. The second-order valence-corrected chi connectivity index (χ2v) is 8.32. The highest BCUT2D eigenvalue weighted by molar-refractivity contribution is 9.10. The van der Waals surface area contributed by atoms with Gasteiger partial charge in [0.25, 0.3) is 5.91 Å². The van der Waals surface area contributed by atoms with E-state index in [9.17, 15) is 9.59 Å². The lowest BCUT2D eigenvalue weighted by molar-refractivity contribution is -0.117. The number of nitrogens with zero attached hydrogens (tertiary/aromatic N) is 1. The molecule has 0 bridgehead atoms. The van der Waals surface area contributed by atoms with Crippen molar-refractivity contribution >= 4 is 33.4 Å². The first-order valence-corrected chi connectivity index (χ1v) is 11.0. The summed E-state index contributed by atoms with van der Waals surface area (Å²) < 4.78 is 17.2. The van der Waals surface area contributed by atoms with Gasteiger partial charge in [0.1, 0.15) is 6.54 Å². The number of carbonyl (C=O) groups excluding carboxylic acids is 2. The molecule has 1 N–H and O–H groups in total. The van der Waals surface area contributed by atoms with Crippen molar-refractivity contribution in [3.8, 4) is 17.2 Å². The summed E-state index contributed by atoms with van der Waals surface area (Å²) in [5, 5.41) is 2.93. The van der Waals surface area contributed by atoms with Gasteiger partial charge in [0, 0.05) is 15.7 Å². The standard InChI is InChI=1S/C25H23BrN2O5/c1-31-20-12-10-17(23(32-2)24(20)33-3)25(30)28-14-21(29)27-19-11-9-16(26)13-18(19)22(28)15-7-5-4-6-8-15/h4-13,22H,14H2,1-3H3,(H,27,29)/t22-/m0/s1. The van der Waals surface area contributed by atoms with Crippen LogP contribution in [0.1, 0.15) is 27.5 Å². The predicted octanol–water partition coefficient (Wildman–Crippen LogP) is 4.66. The van der Waals surface area contributed by atoms with Crippen molar-refractivity contribution in [2.24, 2.45) is 0 Å². The van der Waals surface area contributed by atoms with Gasteiger partial charge in [-0.25, -0.2) is 0 Å². The topological polar surface area (TPSA) is 77.1 Å². The molecule has 8 heteroatoms. The van der Waals surface area contributed by atoms with Crippen LogP contribution in [-0.2, 0) is 4.79 Å². The van der Waals surface area contributed by atoms with E-state index >= 15 is 0 Å². The maximum atomic E-state index is 14.0. The number of amides is 2. The first-order chi connectivity index (χ1) is 16.0. The number of fused-ring (bicyclic) bond motifs is 1. The van der Waals surface area contributed by atoms with Crippen LogP contribution in [0.15, 0.2) is 65.1 Å². The molecular weight excluding hydrogens is 488 g/mol. The largest absolute Gasteiger partial charge is 0.493 e. The second-order valence-electron chi connectivity index (χ2n) is 7.41. The summed E-state index contributed by atoms with van der Waals surface area (Å²) in [5.41, 5.74) is 2.60. The SMILES string of the molecule is COc1ccc(C(=O)N2CC(=O)Nc3ccc(Br)cc3[C@@H]2c2ccccc2)c(OC)c1OC. The summed E-state index contributed by atoms with van der Waals surface area (Å²) in [6, 6.07) is 18.0. The highest BCUT2D eigenvalue weighted by Crippen LogP contribution is 2.43. The second kappa shape index (κ2) is 9.54. The quantitative estimate of drug-likeness (QED) is 0.540. The Hall–Kier alpha value is -3.52. The van der Waals surface area contributed by atoms with E-state index in [1.165, 1.54) is 21.3 Å². The number of hydrogen-bond acceptors (Lipinski definition) is 5. The molecule has 0 aliphatic carbocycles. The zero-order chi connectivity index (χ0) is 23.5. The Morgan fingerprint density at radius 1 is 0.970 bits per heavy atom. The molecular formula is C25H23BrN2O5. The molecule has 0 aromatic heterocycles. The third-order valence-corrected chi connectivity index (χ3v) is 6.01. The number of carbonyl (C=O) groups is 2. The van der Waals surface area contributed by atoms with E-state index in [1.54, 1.807) is 17.0 Å². The number of methoxy groups -OCH3 is 3. The summed E-state index contributed by atoms with van der Waals surface area (Å²) in [6.07, 6.45) is 0. The number of rotatable bonds is 5. The van der Waals surface area contributed by atoms with Gasteiger partial charge in [-0.1, -0.05) is 46.3 Å². The molecule has 0 saturated heterocycles. The van der Waals surface area contributed by atoms with Crippen LogP contribution in [0.3, 0.4) is 0 Å². The summed E-state index contributed by atoms with van der Waals surface area (Å²) >= 11 is 3.52. The van der Waals surface area contributed by atoms with Gasteiger partial charge in [-0.3, -0.25) is 9.59 Å². The zero-order valence-corrected chi connectivity index (χ0v) is 20.0. The van der Waals surface area contributed by atoms with E-state index in [2.05, 4.69) is 21.2 Å². The number of anilines is 1. The normalized spacial score (nSPS) is 15.2. The van der Waals surface area contributed by atoms with Crippen molar-refractivity contribution in [2.45, 2.75) is 6.04 Å². The van der Waals surface area contributed by atoms with Gasteiger partial charge in [0.15, 0.2) is 11.5 Å². The van der Waals surface area contributed by atoms with Crippen molar-refractivity contribution in [2.75, 3.05) is 33.2 Å². The van der Waals surface area contributed by atoms with Crippen molar-refractivity contribution in [1.29, 1.82) is 0 Å². The molecule has 1 aliphatic heterocycles. The molecule has 3 aromatic rings. The molecule has 1 heterocycles. The molecule has 4 rings (SSSR count). The van der Waals surface area contributed by atoms with Gasteiger partial charge in [0.05, 0.1) is 32.9 Å². The molecule has 1 atom stereocenters. The minimum Gasteiger partial charge on any atom is -0.493 e. The van der Waals surface area contributed by atoms with E-state index in [-0.39, 0.29) is 29.7 Å². The lowest BCUT2D eigenvalue weighted by Gasteiger charge is -2.31. The third-order valence-electron chi connectivity index (χ3n) is 5.52.